The molecule has 0 fully saturated rings. The highest BCUT2D eigenvalue weighted by atomic mass is 32.2. The summed E-state index contributed by atoms with van der Waals surface area (Å²) in [4.78, 5) is 28.5. The van der Waals surface area contributed by atoms with E-state index in [2.05, 4.69) is 5.32 Å². The normalized spacial score (nSPS) is 12.4. The fourth-order valence-corrected chi connectivity index (χ4v) is 5.51. The Labute approximate surface area is 249 Å². The van der Waals surface area contributed by atoms with Gasteiger partial charge in [-0.05, 0) is 54.3 Å². The summed E-state index contributed by atoms with van der Waals surface area (Å²) in [5, 5.41) is 2.84. The average Bonchev–Trinajstić information content (AvgIpc) is 2.96. The number of amides is 2. The van der Waals surface area contributed by atoms with Crippen LogP contribution in [0, 0.1) is 5.82 Å². The molecule has 0 unspecified atom stereocenters. The van der Waals surface area contributed by atoms with Gasteiger partial charge in [-0.25, -0.2) is 12.8 Å². The number of sulfonamides is 1. The molecule has 0 aliphatic rings. The van der Waals surface area contributed by atoms with Crippen LogP contribution in [0.1, 0.15) is 42.9 Å². The molecule has 0 spiro atoms. The molecule has 1 atom stereocenters. The number of hydrogen-bond donors (Lipinski definition) is 1. The second-order valence-corrected chi connectivity index (χ2v) is 12.0. The molecule has 0 saturated heterocycles. The van der Waals surface area contributed by atoms with Crippen molar-refractivity contribution in [2.24, 2.45) is 0 Å². The lowest BCUT2D eigenvalue weighted by molar-refractivity contribution is -0.141. The van der Waals surface area contributed by atoms with Crippen molar-refractivity contribution < 1.29 is 35.6 Å². The highest BCUT2D eigenvalue weighted by molar-refractivity contribution is 7.92. The molecule has 3 aromatic rings. The van der Waals surface area contributed by atoms with Crippen LogP contribution in [0.3, 0.4) is 0 Å². The number of carbonyl (C=O) groups excluding carboxylic acids is 2. The molecule has 0 aromatic heterocycles. The van der Waals surface area contributed by atoms with E-state index < -0.39 is 39.5 Å². The summed E-state index contributed by atoms with van der Waals surface area (Å²) in [6, 6.07) is 17.7. The van der Waals surface area contributed by atoms with E-state index in [1.165, 1.54) is 35.2 Å². The Balaban J connectivity index is 1.88. The third-order valence-corrected chi connectivity index (χ3v) is 7.89. The largest absolute Gasteiger partial charge is 0.416 e. The minimum Gasteiger partial charge on any atom is -0.354 e. The van der Waals surface area contributed by atoms with E-state index in [0.717, 1.165) is 34.3 Å². The van der Waals surface area contributed by atoms with Gasteiger partial charge < -0.3 is 10.2 Å². The van der Waals surface area contributed by atoms with Gasteiger partial charge in [0.15, 0.2) is 0 Å². The Bertz CT molecular complexity index is 1470. The minimum atomic E-state index is -4.66. The van der Waals surface area contributed by atoms with Crippen LogP contribution in [0.4, 0.5) is 23.2 Å². The predicted molar refractivity (Wildman–Crippen MR) is 157 cm³/mol. The van der Waals surface area contributed by atoms with Crippen molar-refractivity contribution >= 4 is 27.5 Å². The first-order valence-corrected chi connectivity index (χ1v) is 15.6. The second kappa shape index (κ2) is 15.0. The maximum Gasteiger partial charge on any atom is 0.416 e. The van der Waals surface area contributed by atoms with Crippen LogP contribution in [0.25, 0.3) is 0 Å². The van der Waals surface area contributed by atoms with E-state index in [1.807, 2.05) is 37.3 Å². The lowest BCUT2D eigenvalue weighted by Gasteiger charge is -2.32. The Morgan fingerprint density at radius 1 is 0.930 bits per heavy atom. The van der Waals surface area contributed by atoms with Gasteiger partial charge in [0.1, 0.15) is 11.9 Å². The van der Waals surface area contributed by atoms with Gasteiger partial charge in [-0.1, -0.05) is 55.5 Å². The number of alkyl halides is 3. The summed E-state index contributed by atoms with van der Waals surface area (Å²) >= 11 is 0. The van der Waals surface area contributed by atoms with Crippen molar-refractivity contribution in [1.29, 1.82) is 0 Å². The molecule has 0 saturated carbocycles. The van der Waals surface area contributed by atoms with Crippen molar-refractivity contribution in [2.75, 3.05) is 23.7 Å². The quantitative estimate of drug-likeness (QED) is 0.239. The zero-order chi connectivity index (χ0) is 31.6. The third-order valence-electron chi connectivity index (χ3n) is 6.70. The van der Waals surface area contributed by atoms with Gasteiger partial charge in [0.25, 0.3) is 0 Å². The van der Waals surface area contributed by atoms with E-state index in [0.29, 0.717) is 18.5 Å². The molecule has 0 aliphatic heterocycles. The summed E-state index contributed by atoms with van der Waals surface area (Å²) in [7, 11) is -3.99. The van der Waals surface area contributed by atoms with Crippen LogP contribution in [0.5, 0.6) is 0 Å². The molecular weight excluding hydrogens is 586 g/mol. The lowest BCUT2D eigenvalue weighted by Crippen LogP contribution is -2.50. The standard InChI is InChI=1S/C31H35F4N3O4S/c1-3-18-36-30(40)28(20-23-9-5-4-6-10-23)37(22-24-14-16-26(32)17-15-24)29(39)13-8-19-38(43(2,41)42)27-12-7-11-25(21-27)31(33,34)35/h4-7,9-12,14-17,21,28H,3,8,13,18-20,22H2,1-2H3,(H,36,40)/t28-/m0/s1. The number of carbonyl (C=O) groups is 2. The number of anilines is 1. The van der Waals surface area contributed by atoms with Crippen LogP contribution in [-0.2, 0) is 38.8 Å². The molecule has 0 bridgehead atoms. The van der Waals surface area contributed by atoms with Crippen molar-refractivity contribution in [3.05, 3.63) is 101 Å². The van der Waals surface area contributed by atoms with E-state index in [4.69, 9.17) is 0 Å². The Morgan fingerprint density at radius 3 is 2.21 bits per heavy atom. The number of halogens is 4. The summed E-state index contributed by atoms with van der Waals surface area (Å²) < 4.78 is 79.3. The van der Waals surface area contributed by atoms with E-state index in [1.54, 1.807) is 0 Å². The first-order valence-electron chi connectivity index (χ1n) is 13.8. The van der Waals surface area contributed by atoms with Crippen molar-refractivity contribution in [2.45, 2.75) is 51.4 Å². The van der Waals surface area contributed by atoms with Gasteiger partial charge in [0.05, 0.1) is 17.5 Å². The number of hydrogen-bond acceptors (Lipinski definition) is 4. The van der Waals surface area contributed by atoms with Gasteiger partial charge in [0.2, 0.25) is 21.8 Å². The molecule has 1 N–H and O–H groups in total. The number of benzene rings is 3. The van der Waals surface area contributed by atoms with Gasteiger partial charge in [-0.15, -0.1) is 0 Å². The third kappa shape index (κ3) is 10.1. The SMILES string of the molecule is CCCNC(=O)[C@H](Cc1ccccc1)N(Cc1ccc(F)cc1)C(=O)CCCN(c1cccc(C(F)(F)F)c1)S(C)(=O)=O. The lowest BCUT2D eigenvalue weighted by atomic mass is 10.0. The fourth-order valence-electron chi connectivity index (χ4n) is 4.55. The van der Waals surface area contributed by atoms with Crippen molar-refractivity contribution in [1.82, 2.24) is 10.2 Å². The van der Waals surface area contributed by atoms with E-state index in [9.17, 15) is 35.6 Å². The Hall–Kier alpha value is -3.93. The molecule has 3 rings (SSSR count). The predicted octanol–water partition coefficient (Wildman–Crippen LogP) is 5.56. The molecular formula is C31H35F4N3O4S. The molecule has 0 heterocycles. The molecule has 43 heavy (non-hydrogen) atoms. The summed E-state index contributed by atoms with van der Waals surface area (Å²) in [5.41, 5.74) is 0.220. The molecule has 232 valence electrons. The molecule has 0 radical (unpaired) electrons. The van der Waals surface area contributed by atoms with Crippen LogP contribution in [0.2, 0.25) is 0 Å². The van der Waals surface area contributed by atoms with Crippen molar-refractivity contribution in [3.8, 4) is 0 Å². The van der Waals surface area contributed by atoms with Gasteiger partial charge >= 0.3 is 6.18 Å². The maximum atomic E-state index is 13.7. The summed E-state index contributed by atoms with van der Waals surface area (Å²) in [5.74, 6) is -1.30. The Kier molecular flexibility index (Phi) is 11.7. The fraction of sp³-hybridized carbons (Fsp3) is 0.355. The van der Waals surface area contributed by atoms with Crippen LogP contribution in [0.15, 0.2) is 78.9 Å². The first kappa shape index (κ1) is 33.6. The Morgan fingerprint density at radius 2 is 1.60 bits per heavy atom. The molecule has 0 aliphatic carbocycles. The zero-order valence-corrected chi connectivity index (χ0v) is 24.8. The van der Waals surface area contributed by atoms with E-state index in [-0.39, 0.29) is 43.9 Å². The molecule has 2 amide bonds. The van der Waals surface area contributed by atoms with Gasteiger partial charge in [-0.2, -0.15) is 13.2 Å². The number of rotatable bonds is 14. The van der Waals surface area contributed by atoms with Crippen LogP contribution in [-0.4, -0.2) is 50.5 Å². The van der Waals surface area contributed by atoms with Gasteiger partial charge in [0, 0.05) is 32.5 Å². The summed E-state index contributed by atoms with van der Waals surface area (Å²) in [6.07, 6.45) is -3.14. The van der Waals surface area contributed by atoms with E-state index >= 15 is 0 Å². The molecule has 3 aromatic carbocycles. The van der Waals surface area contributed by atoms with Crippen LogP contribution < -0.4 is 9.62 Å². The molecule has 7 nitrogen and oxygen atoms in total. The van der Waals surface area contributed by atoms with Crippen LogP contribution >= 0.6 is 0 Å². The highest BCUT2D eigenvalue weighted by Crippen LogP contribution is 2.32. The molecule has 12 heteroatoms. The second-order valence-electron chi connectivity index (χ2n) is 10.1. The topological polar surface area (TPSA) is 86.8 Å². The number of nitrogens with one attached hydrogen (secondary N) is 1. The summed E-state index contributed by atoms with van der Waals surface area (Å²) in [6.45, 7) is 2.01. The monoisotopic (exact) mass is 621 g/mol. The first-order chi connectivity index (χ1) is 20.3. The van der Waals surface area contributed by atoms with Crippen molar-refractivity contribution in [3.63, 3.8) is 0 Å². The van der Waals surface area contributed by atoms with Gasteiger partial charge in [-0.3, -0.25) is 13.9 Å². The minimum absolute atomic E-state index is 0.0143. The highest BCUT2D eigenvalue weighted by Gasteiger charge is 2.32. The number of nitrogens with zero attached hydrogens (tertiary/aromatic N) is 2. The smallest absolute Gasteiger partial charge is 0.354 e. The average molecular weight is 622 g/mol. The zero-order valence-electron chi connectivity index (χ0n) is 24.0. The maximum absolute atomic E-state index is 13.7.